The first-order valence-corrected chi connectivity index (χ1v) is 6.18. The Labute approximate surface area is 110 Å². The molecule has 0 saturated carbocycles. The topological polar surface area (TPSA) is 51.2 Å². The molecule has 1 aromatic carbocycles. The number of ether oxygens (including phenoxy) is 3. The first kappa shape index (κ1) is 12.5. The first-order valence-electron chi connectivity index (χ1n) is 6.18. The fourth-order valence-corrected chi connectivity index (χ4v) is 2.47. The van der Waals surface area contributed by atoms with E-state index in [2.05, 4.69) is 0 Å². The Morgan fingerprint density at radius 2 is 2.11 bits per heavy atom. The number of aliphatic hydroxyl groups excluding tert-OH is 1. The van der Waals surface area contributed by atoms with E-state index < -0.39 is 12.3 Å². The van der Waals surface area contributed by atoms with Crippen LogP contribution in [0.25, 0.3) is 0 Å². The molecule has 2 aliphatic heterocycles. The number of halogens is 1. The molecule has 2 atom stereocenters. The summed E-state index contributed by atoms with van der Waals surface area (Å²) in [6, 6.07) is 3.62. The van der Waals surface area contributed by atoms with Crippen LogP contribution in [0.15, 0.2) is 12.1 Å². The van der Waals surface area contributed by atoms with Crippen LogP contribution in [0.4, 0.5) is 4.39 Å². The molecule has 0 amide bonds. The van der Waals surface area contributed by atoms with Crippen LogP contribution in [0.2, 0.25) is 0 Å². The summed E-state index contributed by atoms with van der Waals surface area (Å²) in [7, 11) is 1.58. The lowest BCUT2D eigenvalue weighted by Crippen LogP contribution is -2.21. The zero-order chi connectivity index (χ0) is 13.4. The van der Waals surface area contributed by atoms with Gasteiger partial charge in [0.15, 0.2) is 11.5 Å². The van der Waals surface area contributed by atoms with Gasteiger partial charge >= 0.3 is 0 Å². The highest BCUT2D eigenvalue weighted by atomic mass is 19.1. The number of β-amino-alcohol motifs (C(OH)–C–C–N with tert-alkyl or cyclic N) is 1. The first-order chi connectivity index (χ1) is 9.17. The van der Waals surface area contributed by atoms with Gasteiger partial charge in [-0.15, -0.1) is 0 Å². The fourth-order valence-electron chi connectivity index (χ4n) is 2.47. The molecule has 3 rings (SSSR count). The van der Waals surface area contributed by atoms with Crippen molar-refractivity contribution in [2.24, 2.45) is 0 Å². The Morgan fingerprint density at radius 3 is 2.74 bits per heavy atom. The van der Waals surface area contributed by atoms with Gasteiger partial charge in [0.05, 0.1) is 13.2 Å². The number of methoxy groups -OCH3 is 1. The third-order valence-electron chi connectivity index (χ3n) is 3.46. The molecule has 5 nitrogen and oxygen atoms in total. The Hall–Kier alpha value is -1.53. The zero-order valence-electron chi connectivity index (χ0n) is 10.6. The van der Waals surface area contributed by atoms with E-state index in [4.69, 9.17) is 14.2 Å². The van der Waals surface area contributed by atoms with Crippen LogP contribution in [-0.2, 0) is 6.54 Å². The number of alkyl halides is 1. The van der Waals surface area contributed by atoms with Crippen molar-refractivity contribution in [2.75, 3.05) is 27.0 Å². The van der Waals surface area contributed by atoms with Crippen molar-refractivity contribution >= 4 is 0 Å². The third kappa shape index (κ3) is 2.33. The molecule has 1 fully saturated rings. The van der Waals surface area contributed by atoms with Gasteiger partial charge in [-0.3, -0.25) is 4.90 Å². The molecule has 0 radical (unpaired) electrons. The number of rotatable bonds is 3. The van der Waals surface area contributed by atoms with E-state index in [0.29, 0.717) is 30.3 Å². The van der Waals surface area contributed by atoms with E-state index in [9.17, 15) is 9.50 Å². The smallest absolute Gasteiger partial charge is 0.231 e. The van der Waals surface area contributed by atoms with Crippen molar-refractivity contribution in [1.29, 1.82) is 0 Å². The predicted molar refractivity (Wildman–Crippen MR) is 65.3 cm³/mol. The molecule has 2 aliphatic rings. The molecule has 0 unspecified atom stereocenters. The number of fused-ring (bicyclic) bond motifs is 1. The van der Waals surface area contributed by atoms with E-state index in [-0.39, 0.29) is 13.3 Å². The number of hydrogen-bond donors (Lipinski definition) is 1. The van der Waals surface area contributed by atoms with Gasteiger partial charge in [-0.2, -0.15) is 0 Å². The van der Waals surface area contributed by atoms with E-state index >= 15 is 0 Å². The molecule has 0 spiro atoms. The lowest BCUT2D eigenvalue weighted by atomic mass is 10.1. The van der Waals surface area contributed by atoms with Gasteiger partial charge in [-0.05, 0) is 6.07 Å². The fraction of sp³-hybridized carbons (Fsp3) is 0.538. The standard InChI is InChI=1S/C13H16FNO4/c1-17-11-3-13-12(18-7-19-13)2-8(11)4-15-5-9(14)10(16)6-15/h2-3,9-10,16H,4-7H2,1H3/t9-,10-/m0/s1. The van der Waals surface area contributed by atoms with Crippen LogP contribution in [-0.4, -0.2) is 49.3 Å². The van der Waals surface area contributed by atoms with Gasteiger partial charge < -0.3 is 19.3 Å². The highest BCUT2D eigenvalue weighted by Gasteiger charge is 2.31. The normalized spacial score (nSPS) is 25.8. The predicted octanol–water partition coefficient (Wildman–Crippen LogP) is 0.938. The van der Waals surface area contributed by atoms with Gasteiger partial charge in [0, 0.05) is 31.3 Å². The summed E-state index contributed by atoms with van der Waals surface area (Å²) >= 11 is 0. The second kappa shape index (κ2) is 4.86. The maximum absolute atomic E-state index is 13.3. The Morgan fingerprint density at radius 1 is 1.37 bits per heavy atom. The minimum atomic E-state index is -1.18. The van der Waals surface area contributed by atoms with Gasteiger partial charge in [0.1, 0.15) is 11.9 Å². The van der Waals surface area contributed by atoms with Crippen LogP contribution >= 0.6 is 0 Å². The van der Waals surface area contributed by atoms with Gasteiger partial charge in [0.2, 0.25) is 6.79 Å². The zero-order valence-corrected chi connectivity index (χ0v) is 10.6. The van der Waals surface area contributed by atoms with Gasteiger partial charge in [-0.25, -0.2) is 4.39 Å². The van der Waals surface area contributed by atoms with E-state index in [1.807, 2.05) is 11.0 Å². The van der Waals surface area contributed by atoms with Crippen molar-refractivity contribution in [3.05, 3.63) is 17.7 Å². The molecular weight excluding hydrogens is 253 g/mol. The molecule has 0 aromatic heterocycles. The summed E-state index contributed by atoms with van der Waals surface area (Å²) in [4.78, 5) is 1.86. The minimum absolute atomic E-state index is 0.205. The van der Waals surface area contributed by atoms with Crippen LogP contribution in [0.3, 0.4) is 0 Å². The second-order valence-electron chi connectivity index (χ2n) is 4.79. The molecule has 104 valence electrons. The molecule has 0 bridgehead atoms. The summed E-state index contributed by atoms with van der Waals surface area (Å²) in [6.45, 7) is 1.28. The Bertz CT molecular complexity index is 472. The van der Waals surface area contributed by atoms with Crippen molar-refractivity contribution in [1.82, 2.24) is 4.90 Å². The number of hydrogen-bond acceptors (Lipinski definition) is 5. The lowest BCUT2D eigenvalue weighted by molar-refractivity contribution is 0.115. The highest BCUT2D eigenvalue weighted by Crippen LogP contribution is 2.38. The molecule has 1 saturated heterocycles. The molecule has 6 heteroatoms. The van der Waals surface area contributed by atoms with Crippen LogP contribution in [0.5, 0.6) is 17.2 Å². The van der Waals surface area contributed by atoms with Gasteiger partial charge in [0.25, 0.3) is 0 Å². The summed E-state index contributed by atoms with van der Waals surface area (Å²) in [5.41, 5.74) is 0.896. The van der Waals surface area contributed by atoms with Crippen LogP contribution in [0, 0.1) is 0 Å². The molecule has 0 aliphatic carbocycles. The molecule has 2 heterocycles. The summed E-state index contributed by atoms with van der Waals surface area (Å²) < 4.78 is 29.2. The van der Waals surface area contributed by atoms with Crippen molar-refractivity contribution in [3.63, 3.8) is 0 Å². The average molecular weight is 269 g/mol. The van der Waals surface area contributed by atoms with E-state index in [1.54, 1.807) is 13.2 Å². The monoisotopic (exact) mass is 269 g/mol. The van der Waals surface area contributed by atoms with E-state index in [1.165, 1.54) is 0 Å². The third-order valence-corrected chi connectivity index (χ3v) is 3.46. The minimum Gasteiger partial charge on any atom is -0.496 e. The molecule has 1 aromatic rings. The Balaban J connectivity index is 1.80. The summed E-state index contributed by atoms with van der Waals surface area (Å²) in [5.74, 6) is 2.01. The van der Waals surface area contributed by atoms with Gasteiger partial charge in [-0.1, -0.05) is 0 Å². The average Bonchev–Trinajstić information content (AvgIpc) is 2.95. The largest absolute Gasteiger partial charge is 0.496 e. The molecule has 19 heavy (non-hydrogen) atoms. The van der Waals surface area contributed by atoms with Crippen LogP contribution < -0.4 is 14.2 Å². The Kier molecular flexibility index (Phi) is 3.20. The SMILES string of the molecule is COc1cc2c(cc1CN1C[C@H](O)[C@@H](F)C1)OCO2. The van der Waals surface area contributed by atoms with E-state index in [0.717, 1.165) is 5.56 Å². The highest BCUT2D eigenvalue weighted by molar-refractivity contribution is 5.51. The lowest BCUT2D eigenvalue weighted by Gasteiger charge is -2.17. The number of likely N-dealkylation sites (tertiary alicyclic amines) is 1. The van der Waals surface area contributed by atoms with Crippen molar-refractivity contribution < 1.29 is 23.7 Å². The number of nitrogens with zero attached hydrogens (tertiary/aromatic N) is 1. The van der Waals surface area contributed by atoms with Crippen LogP contribution in [0.1, 0.15) is 5.56 Å². The second-order valence-corrected chi connectivity index (χ2v) is 4.79. The molecule has 1 N–H and O–H groups in total. The summed E-state index contributed by atoms with van der Waals surface area (Å²) in [5, 5.41) is 9.43. The summed E-state index contributed by atoms with van der Waals surface area (Å²) in [6.07, 6.45) is -2.08. The number of benzene rings is 1. The van der Waals surface area contributed by atoms with Crippen molar-refractivity contribution in [3.8, 4) is 17.2 Å². The maximum Gasteiger partial charge on any atom is 0.231 e. The van der Waals surface area contributed by atoms with Crippen molar-refractivity contribution in [2.45, 2.75) is 18.8 Å². The number of aliphatic hydroxyl groups is 1. The maximum atomic E-state index is 13.3. The quantitative estimate of drug-likeness (QED) is 0.885. The molecular formula is C13H16FNO4.